The second kappa shape index (κ2) is 5.60. The van der Waals surface area contributed by atoms with Gasteiger partial charge in [-0.15, -0.1) is 0 Å². The molecule has 1 heterocycles. The van der Waals surface area contributed by atoms with E-state index in [1.807, 2.05) is 0 Å². The van der Waals surface area contributed by atoms with Crippen molar-refractivity contribution in [1.82, 2.24) is 10.3 Å². The van der Waals surface area contributed by atoms with Gasteiger partial charge in [-0.25, -0.2) is 4.98 Å². The van der Waals surface area contributed by atoms with Crippen molar-refractivity contribution in [3.05, 3.63) is 28.5 Å². The van der Waals surface area contributed by atoms with Crippen molar-refractivity contribution in [3.63, 3.8) is 0 Å². The van der Waals surface area contributed by atoms with Crippen LogP contribution in [0.4, 0.5) is 0 Å². The molecule has 0 saturated heterocycles. The summed E-state index contributed by atoms with van der Waals surface area (Å²) in [6.07, 6.45) is 4.79. The number of hydrogen-bond acceptors (Lipinski definition) is 3. The van der Waals surface area contributed by atoms with Crippen LogP contribution in [0.2, 0.25) is 0 Å². The van der Waals surface area contributed by atoms with E-state index in [9.17, 15) is 4.79 Å². The Balaban J connectivity index is 1.94. The molecule has 2 unspecified atom stereocenters. The van der Waals surface area contributed by atoms with Crippen LogP contribution in [0.15, 0.2) is 22.9 Å². The maximum atomic E-state index is 11.9. The number of carbonyl (C=O) groups excluding carboxylic acids is 1. The lowest BCUT2D eigenvalue weighted by Crippen LogP contribution is -2.33. The third kappa shape index (κ3) is 3.26. The van der Waals surface area contributed by atoms with E-state index in [4.69, 9.17) is 4.74 Å². The van der Waals surface area contributed by atoms with Crippen LogP contribution < -0.4 is 5.32 Å². The summed E-state index contributed by atoms with van der Waals surface area (Å²) in [7, 11) is 1.72. The zero-order valence-corrected chi connectivity index (χ0v) is 11.2. The van der Waals surface area contributed by atoms with Crippen molar-refractivity contribution in [2.75, 3.05) is 7.11 Å². The molecule has 1 fully saturated rings. The van der Waals surface area contributed by atoms with Crippen LogP contribution in [0.5, 0.6) is 0 Å². The maximum absolute atomic E-state index is 11.9. The van der Waals surface area contributed by atoms with Crippen LogP contribution in [-0.4, -0.2) is 30.1 Å². The number of ether oxygens (including phenoxy) is 1. The molecule has 1 N–H and O–H groups in total. The molecule has 1 aromatic heterocycles. The Hall–Kier alpha value is -0.940. The second-order valence-electron chi connectivity index (χ2n) is 4.21. The summed E-state index contributed by atoms with van der Waals surface area (Å²) in [4.78, 5) is 15.9. The monoisotopic (exact) mass is 298 g/mol. The number of carbonyl (C=O) groups is 1. The van der Waals surface area contributed by atoms with Crippen molar-refractivity contribution < 1.29 is 9.53 Å². The van der Waals surface area contributed by atoms with Crippen LogP contribution in [0.1, 0.15) is 29.6 Å². The molecule has 1 aliphatic rings. The Kier molecular flexibility index (Phi) is 4.12. The summed E-state index contributed by atoms with van der Waals surface area (Å²) in [6.45, 7) is 0. The van der Waals surface area contributed by atoms with Crippen molar-refractivity contribution in [3.8, 4) is 0 Å². The van der Waals surface area contributed by atoms with Gasteiger partial charge < -0.3 is 10.1 Å². The lowest BCUT2D eigenvalue weighted by atomic mass is 10.2. The second-order valence-corrected chi connectivity index (χ2v) is 5.02. The van der Waals surface area contributed by atoms with Crippen molar-refractivity contribution in [2.45, 2.75) is 31.4 Å². The van der Waals surface area contributed by atoms with Gasteiger partial charge in [0.2, 0.25) is 0 Å². The van der Waals surface area contributed by atoms with Gasteiger partial charge in [-0.1, -0.05) is 0 Å². The first-order valence-electron chi connectivity index (χ1n) is 5.64. The fourth-order valence-electron chi connectivity index (χ4n) is 2.10. The summed E-state index contributed by atoms with van der Waals surface area (Å²) < 4.78 is 5.95. The third-order valence-electron chi connectivity index (χ3n) is 3.04. The molecule has 0 bridgehead atoms. The highest BCUT2D eigenvalue weighted by atomic mass is 79.9. The normalized spacial score (nSPS) is 23.6. The molecule has 5 heteroatoms. The minimum absolute atomic E-state index is 0.0464. The van der Waals surface area contributed by atoms with Crippen LogP contribution in [0.25, 0.3) is 0 Å². The highest BCUT2D eigenvalue weighted by Gasteiger charge is 2.25. The molecule has 0 radical (unpaired) electrons. The van der Waals surface area contributed by atoms with Crippen LogP contribution in [0.3, 0.4) is 0 Å². The number of halogens is 1. The molecular weight excluding hydrogens is 284 g/mol. The molecule has 0 aromatic carbocycles. The molecule has 1 amide bonds. The molecule has 1 aromatic rings. The number of rotatable bonds is 3. The van der Waals surface area contributed by atoms with E-state index in [0.29, 0.717) is 10.2 Å². The van der Waals surface area contributed by atoms with E-state index < -0.39 is 0 Å². The number of nitrogens with one attached hydrogen (secondary N) is 1. The fourth-order valence-corrected chi connectivity index (χ4v) is 2.46. The molecular formula is C12H15BrN2O2. The van der Waals surface area contributed by atoms with E-state index in [1.165, 1.54) is 0 Å². The summed E-state index contributed by atoms with van der Waals surface area (Å²) in [5.41, 5.74) is 0.632. The number of aromatic nitrogens is 1. The summed E-state index contributed by atoms with van der Waals surface area (Å²) in [5.74, 6) is -0.0464. The molecule has 0 spiro atoms. The van der Waals surface area contributed by atoms with E-state index in [0.717, 1.165) is 19.3 Å². The first-order chi connectivity index (χ1) is 8.19. The number of nitrogens with zero attached hydrogens (tertiary/aromatic N) is 1. The molecule has 0 aliphatic heterocycles. The first kappa shape index (κ1) is 12.5. The van der Waals surface area contributed by atoms with Crippen molar-refractivity contribution >= 4 is 21.8 Å². The predicted octanol–water partition coefficient (Wildman–Crippen LogP) is 2.14. The van der Waals surface area contributed by atoms with Crippen LogP contribution in [0, 0.1) is 0 Å². The van der Waals surface area contributed by atoms with E-state index in [-0.39, 0.29) is 18.1 Å². The van der Waals surface area contributed by atoms with E-state index in [2.05, 4.69) is 26.2 Å². The third-order valence-corrected chi connectivity index (χ3v) is 3.48. The smallest absolute Gasteiger partial charge is 0.251 e. The number of hydrogen-bond donors (Lipinski definition) is 1. The Morgan fingerprint density at radius 2 is 2.41 bits per heavy atom. The first-order valence-corrected chi connectivity index (χ1v) is 6.43. The molecule has 1 aliphatic carbocycles. The van der Waals surface area contributed by atoms with Crippen LogP contribution >= 0.6 is 15.9 Å². The Bertz CT molecular complexity index is 411. The van der Waals surface area contributed by atoms with Crippen molar-refractivity contribution in [1.29, 1.82) is 0 Å². The standard InChI is InChI=1S/C12H15BrN2O2/c1-17-10-3-2-9(7-10)15-12(16)8-4-5-14-11(13)6-8/h4-6,9-10H,2-3,7H2,1H3,(H,15,16). The summed E-state index contributed by atoms with van der Waals surface area (Å²) in [5, 5.41) is 3.02. The number of methoxy groups -OCH3 is 1. The minimum atomic E-state index is -0.0464. The Labute approximate surface area is 109 Å². The largest absolute Gasteiger partial charge is 0.381 e. The van der Waals surface area contributed by atoms with Gasteiger partial charge >= 0.3 is 0 Å². The summed E-state index contributed by atoms with van der Waals surface area (Å²) in [6, 6.07) is 3.65. The Morgan fingerprint density at radius 1 is 1.59 bits per heavy atom. The van der Waals surface area contributed by atoms with Gasteiger partial charge in [0, 0.05) is 24.9 Å². The zero-order chi connectivity index (χ0) is 12.3. The molecule has 2 atom stereocenters. The average molecular weight is 299 g/mol. The summed E-state index contributed by atoms with van der Waals surface area (Å²) >= 11 is 3.25. The van der Waals surface area contributed by atoms with Gasteiger partial charge in [0.1, 0.15) is 4.60 Å². The quantitative estimate of drug-likeness (QED) is 0.870. The average Bonchev–Trinajstić information content (AvgIpc) is 2.77. The van der Waals surface area contributed by atoms with Gasteiger partial charge in [-0.05, 0) is 47.3 Å². The lowest BCUT2D eigenvalue weighted by molar-refractivity contribution is 0.0915. The molecule has 92 valence electrons. The van der Waals surface area contributed by atoms with E-state index in [1.54, 1.807) is 25.4 Å². The minimum Gasteiger partial charge on any atom is -0.381 e. The number of pyridine rings is 1. The molecule has 1 saturated carbocycles. The molecule has 2 rings (SSSR count). The lowest BCUT2D eigenvalue weighted by Gasteiger charge is -2.12. The highest BCUT2D eigenvalue weighted by molar-refractivity contribution is 9.10. The van der Waals surface area contributed by atoms with Gasteiger partial charge in [0.05, 0.1) is 6.10 Å². The van der Waals surface area contributed by atoms with E-state index >= 15 is 0 Å². The van der Waals surface area contributed by atoms with Gasteiger partial charge in [0.15, 0.2) is 0 Å². The maximum Gasteiger partial charge on any atom is 0.251 e. The highest BCUT2D eigenvalue weighted by Crippen LogP contribution is 2.21. The fraction of sp³-hybridized carbons (Fsp3) is 0.500. The SMILES string of the molecule is COC1CCC(NC(=O)c2ccnc(Br)c2)C1. The van der Waals surface area contributed by atoms with Gasteiger partial charge in [-0.2, -0.15) is 0 Å². The van der Waals surface area contributed by atoms with Gasteiger partial charge in [-0.3, -0.25) is 4.79 Å². The van der Waals surface area contributed by atoms with Crippen LogP contribution in [-0.2, 0) is 4.74 Å². The van der Waals surface area contributed by atoms with Crippen molar-refractivity contribution in [2.24, 2.45) is 0 Å². The number of amides is 1. The Morgan fingerprint density at radius 3 is 3.06 bits per heavy atom. The van der Waals surface area contributed by atoms with Gasteiger partial charge in [0.25, 0.3) is 5.91 Å². The molecule has 4 nitrogen and oxygen atoms in total. The topological polar surface area (TPSA) is 51.2 Å². The zero-order valence-electron chi connectivity index (χ0n) is 9.65. The predicted molar refractivity (Wildman–Crippen MR) is 67.8 cm³/mol. The molecule has 17 heavy (non-hydrogen) atoms.